The topological polar surface area (TPSA) is 35.5 Å². The Morgan fingerprint density at radius 1 is 1.53 bits per heavy atom. The molecular formula is C12H14O3. The first-order chi connectivity index (χ1) is 7.27. The van der Waals surface area contributed by atoms with Crippen molar-refractivity contribution in [2.45, 2.75) is 19.8 Å². The van der Waals surface area contributed by atoms with E-state index in [4.69, 9.17) is 9.47 Å². The second-order valence-corrected chi connectivity index (χ2v) is 3.69. The van der Waals surface area contributed by atoms with Crippen LogP contribution < -0.4 is 9.47 Å². The number of aryl methyl sites for hydroxylation is 1. The molecule has 2 rings (SSSR count). The largest absolute Gasteiger partial charge is 0.489 e. The fourth-order valence-corrected chi connectivity index (χ4v) is 1.65. The lowest BCUT2D eigenvalue weighted by Gasteiger charge is -2.19. The Bertz CT molecular complexity index is 371. The molecule has 0 aliphatic carbocycles. The van der Waals surface area contributed by atoms with Crippen LogP contribution >= 0.6 is 0 Å². The number of hydrogen-bond donors (Lipinski definition) is 0. The van der Waals surface area contributed by atoms with Crippen molar-refractivity contribution in [3.63, 3.8) is 0 Å². The van der Waals surface area contributed by atoms with Gasteiger partial charge in [-0.15, -0.1) is 0 Å². The number of carbonyl (C=O) groups is 1. The molecule has 0 radical (unpaired) electrons. The molecule has 0 saturated heterocycles. The van der Waals surface area contributed by atoms with Crippen molar-refractivity contribution in [3.8, 4) is 11.5 Å². The molecule has 0 amide bonds. The van der Waals surface area contributed by atoms with Crippen LogP contribution in [0.25, 0.3) is 0 Å². The normalized spacial score (nSPS) is 13.9. The summed E-state index contributed by atoms with van der Waals surface area (Å²) in [5, 5.41) is 0. The summed E-state index contributed by atoms with van der Waals surface area (Å²) in [6, 6.07) is 5.81. The minimum Gasteiger partial charge on any atom is -0.489 e. The van der Waals surface area contributed by atoms with Crippen LogP contribution in [0, 0.1) is 0 Å². The molecule has 0 spiro atoms. The first-order valence-electron chi connectivity index (χ1n) is 5.14. The fraction of sp³-hybridized carbons (Fsp3) is 0.417. The lowest BCUT2D eigenvalue weighted by molar-refractivity contribution is -0.118. The van der Waals surface area contributed by atoms with Gasteiger partial charge < -0.3 is 9.47 Å². The van der Waals surface area contributed by atoms with Crippen molar-refractivity contribution in [3.05, 3.63) is 23.8 Å². The summed E-state index contributed by atoms with van der Waals surface area (Å²) < 4.78 is 10.9. The van der Waals surface area contributed by atoms with Gasteiger partial charge in [0.25, 0.3) is 0 Å². The predicted molar refractivity (Wildman–Crippen MR) is 56.4 cm³/mol. The first kappa shape index (κ1) is 10.0. The molecule has 1 aliphatic rings. The number of ether oxygens (including phenoxy) is 2. The molecule has 0 bridgehead atoms. The fourth-order valence-electron chi connectivity index (χ4n) is 1.65. The van der Waals surface area contributed by atoms with Gasteiger partial charge in [-0.3, -0.25) is 4.79 Å². The van der Waals surface area contributed by atoms with Crippen LogP contribution in [0.3, 0.4) is 0 Å². The molecule has 0 fully saturated rings. The maximum Gasteiger partial charge on any atom is 0.167 e. The van der Waals surface area contributed by atoms with Gasteiger partial charge in [0.1, 0.15) is 6.61 Å². The molecule has 0 N–H and O–H groups in total. The first-order valence-corrected chi connectivity index (χ1v) is 5.14. The van der Waals surface area contributed by atoms with Crippen LogP contribution in [0.4, 0.5) is 0 Å². The summed E-state index contributed by atoms with van der Waals surface area (Å²) in [5.41, 5.74) is 1.17. The van der Waals surface area contributed by atoms with Gasteiger partial charge in [-0.05, 0) is 31.4 Å². The number of rotatable bonds is 3. The monoisotopic (exact) mass is 206 g/mol. The minimum absolute atomic E-state index is 0.0170. The molecule has 80 valence electrons. The van der Waals surface area contributed by atoms with E-state index in [0.717, 1.165) is 25.2 Å². The molecule has 0 aromatic heterocycles. The number of benzene rings is 1. The summed E-state index contributed by atoms with van der Waals surface area (Å²) in [7, 11) is 0. The molecule has 1 aliphatic heterocycles. The van der Waals surface area contributed by atoms with E-state index in [0.29, 0.717) is 5.75 Å². The number of hydrogen-bond acceptors (Lipinski definition) is 3. The highest BCUT2D eigenvalue weighted by atomic mass is 16.5. The summed E-state index contributed by atoms with van der Waals surface area (Å²) in [4.78, 5) is 10.8. The van der Waals surface area contributed by atoms with E-state index in [1.54, 1.807) is 0 Å². The standard InChI is InChI=1S/C12H14O3/c1-9(13)8-15-11-6-2-4-10-5-3-7-14-12(10)11/h2,4,6H,3,5,7-8H2,1H3. The predicted octanol–water partition coefficient (Wildman–Crippen LogP) is 1.98. The Hall–Kier alpha value is -1.51. The molecule has 15 heavy (non-hydrogen) atoms. The summed E-state index contributed by atoms with van der Waals surface area (Å²) in [6.45, 7) is 2.35. The summed E-state index contributed by atoms with van der Waals surface area (Å²) in [6.07, 6.45) is 2.07. The van der Waals surface area contributed by atoms with Crippen molar-refractivity contribution in [2.24, 2.45) is 0 Å². The Balaban J connectivity index is 2.19. The molecule has 1 aromatic rings. The number of Topliss-reactive ketones (excluding diaryl/α,β-unsaturated/α-hetero) is 1. The average Bonchev–Trinajstić information content (AvgIpc) is 2.26. The highest BCUT2D eigenvalue weighted by Gasteiger charge is 2.15. The molecule has 3 nitrogen and oxygen atoms in total. The zero-order valence-corrected chi connectivity index (χ0v) is 8.79. The van der Waals surface area contributed by atoms with E-state index in [1.165, 1.54) is 12.5 Å². The van der Waals surface area contributed by atoms with Gasteiger partial charge in [-0.25, -0.2) is 0 Å². The second-order valence-electron chi connectivity index (χ2n) is 3.69. The lowest BCUT2D eigenvalue weighted by Crippen LogP contribution is -2.12. The van der Waals surface area contributed by atoms with E-state index in [1.807, 2.05) is 18.2 Å². The minimum atomic E-state index is 0.0170. The molecule has 0 atom stereocenters. The van der Waals surface area contributed by atoms with Crippen LogP contribution in [-0.2, 0) is 11.2 Å². The quantitative estimate of drug-likeness (QED) is 0.758. The van der Waals surface area contributed by atoms with Crippen molar-refractivity contribution in [1.82, 2.24) is 0 Å². The Morgan fingerprint density at radius 2 is 2.40 bits per heavy atom. The SMILES string of the molecule is CC(=O)COc1cccc2c1OCCC2. The third kappa shape index (κ3) is 2.29. The molecular weight excluding hydrogens is 192 g/mol. The maximum absolute atomic E-state index is 10.8. The van der Waals surface area contributed by atoms with E-state index >= 15 is 0 Å². The van der Waals surface area contributed by atoms with E-state index in [2.05, 4.69) is 0 Å². The molecule has 0 unspecified atom stereocenters. The zero-order valence-electron chi connectivity index (χ0n) is 8.79. The highest BCUT2D eigenvalue weighted by molar-refractivity contribution is 5.77. The number of fused-ring (bicyclic) bond motifs is 1. The Morgan fingerprint density at radius 3 is 3.20 bits per heavy atom. The Kier molecular flexibility index (Phi) is 2.90. The number of ketones is 1. The zero-order chi connectivity index (χ0) is 10.7. The van der Waals surface area contributed by atoms with Crippen molar-refractivity contribution in [2.75, 3.05) is 13.2 Å². The van der Waals surface area contributed by atoms with E-state index in [-0.39, 0.29) is 12.4 Å². The summed E-state index contributed by atoms with van der Waals surface area (Å²) >= 11 is 0. The van der Waals surface area contributed by atoms with Crippen LogP contribution in [0.15, 0.2) is 18.2 Å². The number of carbonyl (C=O) groups excluding carboxylic acids is 1. The van der Waals surface area contributed by atoms with Gasteiger partial charge in [-0.1, -0.05) is 12.1 Å². The highest BCUT2D eigenvalue weighted by Crippen LogP contribution is 2.34. The molecule has 1 aromatic carbocycles. The van der Waals surface area contributed by atoms with Gasteiger partial charge in [0.15, 0.2) is 17.3 Å². The van der Waals surface area contributed by atoms with Crippen LogP contribution in [0.1, 0.15) is 18.9 Å². The van der Waals surface area contributed by atoms with E-state index in [9.17, 15) is 4.79 Å². The molecule has 1 heterocycles. The van der Waals surface area contributed by atoms with Gasteiger partial charge in [0.2, 0.25) is 0 Å². The van der Waals surface area contributed by atoms with Crippen molar-refractivity contribution >= 4 is 5.78 Å². The maximum atomic E-state index is 10.8. The van der Waals surface area contributed by atoms with Gasteiger partial charge in [-0.2, -0.15) is 0 Å². The van der Waals surface area contributed by atoms with Crippen LogP contribution in [0.5, 0.6) is 11.5 Å². The Labute approximate surface area is 89.0 Å². The average molecular weight is 206 g/mol. The molecule has 3 heteroatoms. The van der Waals surface area contributed by atoms with Crippen LogP contribution in [0.2, 0.25) is 0 Å². The van der Waals surface area contributed by atoms with Crippen molar-refractivity contribution < 1.29 is 14.3 Å². The van der Waals surface area contributed by atoms with Crippen molar-refractivity contribution in [1.29, 1.82) is 0 Å². The molecule has 0 saturated carbocycles. The lowest BCUT2D eigenvalue weighted by atomic mass is 10.1. The van der Waals surface area contributed by atoms with Gasteiger partial charge in [0.05, 0.1) is 6.61 Å². The second kappa shape index (κ2) is 4.34. The third-order valence-corrected chi connectivity index (χ3v) is 2.33. The smallest absolute Gasteiger partial charge is 0.167 e. The van der Waals surface area contributed by atoms with Gasteiger partial charge >= 0.3 is 0 Å². The van der Waals surface area contributed by atoms with E-state index < -0.39 is 0 Å². The number of para-hydroxylation sites is 1. The third-order valence-electron chi connectivity index (χ3n) is 2.33. The van der Waals surface area contributed by atoms with Gasteiger partial charge in [0, 0.05) is 0 Å². The summed E-state index contributed by atoms with van der Waals surface area (Å²) in [5.74, 6) is 1.51. The van der Waals surface area contributed by atoms with Crippen LogP contribution in [-0.4, -0.2) is 19.0 Å².